The maximum atomic E-state index is 12.2. The van der Waals surface area contributed by atoms with Gasteiger partial charge in [-0.25, -0.2) is 4.79 Å². The highest BCUT2D eigenvalue weighted by Gasteiger charge is 2.49. The van der Waals surface area contributed by atoms with Gasteiger partial charge in [0.2, 0.25) is 0 Å². The fourth-order valence-electron chi connectivity index (χ4n) is 3.54. The van der Waals surface area contributed by atoms with Crippen molar-refractivity contribution >= 4 is 6.09 Å². The van der Waals surface area contributed by atoms with Crippen molar-refractivity contribution in [3.63, 3.8) is 0 Å². The number of rotatable bonds is 1. The number of hydrogen-bond donors (Lipinski definition) is 1. The Bertz CT molecular complexity index is 434. The Labute approximate surface area is 139 Å². The predicted octanol–water partition coefficient (Wildman–Crippen LogP) is 1.86. The van der Waals surface area contributed by atoms with Crippen molar-refractivity contribution in [2.24, 2.45) is 0 Å². The number of nitrogens with zero attached hydrogens (tertiary/aromatic N) is 2. The number of ether oxygens (including phenoxy) is 2. The van der Waals surface area contributed by atoms with Gasteiger partial charge in [-0.15, -0.1) is 0 Å². The molecule has 1 N–H and O–H groups in total. The number of likely N-dealkylation sites (tertiary alicyclic amines) is 1. The molecular weight excluding hydrogens is 296 g/mol. The molecule has 0 bridgehead atoms. The monoisotopic (exact) mass is 328 g/mol. The number of likely N-dealkylation sites (N-methyl/N-ethyl adjacent to an activating group) is 1. The van der Waals surface area contributed by atoms with Crippen LogP contribution in [0.5, 0.6) is 0 Å². The first kappa shape index (κ1) is 18.5. The number of piperidine rings is 1. The largest absolute Gasteiger partial charge is 0.444 e. The molecule has 134 valence electrons. The molecule has 0 aromatic carbocycles. The van der Waals surface area contributed by atoms with Crippen molar-refractivity contribution in [3.8, 4) is 0 Å². The molecule has 0 saturated carbocycles. The van der Waals surface area contributed by atoms with Crippen molar-refractivity contribution in [2.75, 3.05) is 33.8 Å². The first-order chi connectivity index (χ1) is 10.4. The summed E-state index contributed by atoms with van der Waals surface area (Å²) in [6.45, 7) is 9.08. The third kappa shape index (κ3) is 4.37. The lowest BCUT2D eigenvalue weighted by Gasteiger charge is -2.52. The summed E-state index contributed by atoms with van der Waals surface area (Å²) in [6.07, 6.45) is 2.11. The van der Waals surface area contributed by atoms with Crippen LogP contribution >= 0.6 is 0 Å². The Morgan fingerprint density at radius 1 is 1.30 bits per heavy atom. The molecule has 2 aliphatic heterocycles. The van der Waals surface area contributed by atoms with Crippen molar-refractivity contribution in [1.82, 2.24) is 9.80 Å². The Kier molecular flexibility index (Phi) is 5.00. The molecule has 23 heavy (non-hydrogen) atoms. The van der Waals surface area contributed by atoms with Crippen LogP contribution in [0.15, 0.2) is 0 Å². The standard InChI is InChI=1S/C17H32N2O4/c1-15(2,3)23-14(20)19-9-7-17(8-10-19)11-13(18(5)6)16(4,21)12-22-17/h13,21H,7-12H2,1-6H3/t13-,16-/m0/s1. The van der Waals surface area contributed by atoms with E-state index in [2.05, 4.69) is 4.90 Å². The molecule has 1 amide bonds. The van der Waals surface area contributed by atoms with E-state index in [0.717, 1.165) is 19.3 Å². The molecule has 0 unspecified atom stereocenters. The molecule has 2 aliphatic rings. The average molecular weight is 328 g/mol. The van der Waals surface area contributed by atoms with Crippen molar-refractivity contribution < 1.29 is 19.4 Å². The normalized spacial score (nSPS) is 31.5. The Balaban J connectivity index is 1.97. The lowest BCUT2D eigenvalue weighted by molar-refractivity contribution is -0.205. The summed E-state index contributed by atoms with van der Waals surface area (Å²) in [4.78, 5) is 16.0. The summed E-state index contributed by atoms with van der Waals surface area (Å²) in [6, 6.07) is 0.0596. The van der Waals surface area contributed by atoms with Crippen LogP contribution in [0.2, 0.25) is 0 Å². The van der Waals surface area contributed by atoms with Crippen LogP contribution in [0.3, 0.4) is 0 Å². The molecule has 0 radical (unpaired) electrons. The van der Waals surface area contributed by atoms with Crippen LogP contribution in [0.4, 0.5) is 4.79 Å². The van der Waals surface area contributed by atoms with Gasteiger partial charge in [-0.1, -0.05) is 0 Å². The molecule has 2 rings (SSSR count). The van der Waals surface area contributed by atoms with Gasteiger partial charge >= 0.3 is 6.09 Å². The van der Waals surface area contributed by atoms with Crippen LogP contribution < -0.4 is 0 Å². The summed E-state index contributed by atoms with van der Waals surface area (Å²) in [7, 11) is 3.99. The van der Waals surface area contributed by atoms with Crippen molar-refractivity contribution in [3.05, 3.63) is 0 Å². The van der Waals surface area contributed by atoms with Crippen molar-refractivity contribution in [2.45, 2.75) is 69.8 Å². The second-order valence-electron chi connectivity index (χ2n) is 8.48. The van der Waals surface area contributed by atoms with Crippen molar-refractivity contribution in [1.29, 1.82) is 0 Å². The van der Waals surface area contributed by atoms with Gasteiger partial charge in [0.05, 0.1) is 12.2 Å². The molecular formula is C17H32N2O4. The summed E-state index contributed by atoms with van der Waals surface area (Å²) in [5, 5.41) is 10.5. The van der Waals surface area contributed by atoms with Crippen LogP contribution in [0, 0.1) is 0 Å². The van der Waals surface area contributed by atoms with Gasteiger partial charge in [0.15, 0.2) is 0 Å². The molecule has 2 fully saturated rings. The fourth-order valence-corrected chi connectivity index (χ4v) is 3.54. The van der Waals surface area contributed by atoms with Gasteiger partial charge in [0.1, 0.15) is 11.2 Å². The van der Waals surface area contributed by atoms with Crippen LogP contribution in [0.25, 0.3) is 0 Å². The highest BCUT2D eigenvalue weighted by molar-refractivity contribution is 5.68. The number of hydrogen-bond acceptors (Lipinski definition) is 5. The lowest BCUT2D eigenvalue weighted by atomic mass is 9.77. The van der Waals surface area contributed by atoms with E-state index >= 15 is 0 Å². The third-order valence-electron chi connectivity index (χ3n) is 4.90. The molecule has 0 aromatic rings. The summed E-state index contributed by atoms with van der Waals surface area (Å²) >= 11 is 0. The van der Waals surface area contributed by atoms with E-state index in [1.54, 1.807) is 4.90 Å². The molecule has 2 atom stereocenters. The quantitative estimate of drug-likeness (QED) is 0.796. The van der Waals surface area contributed by atoms with E-state index < -0.39 is 11.2 Å². The lowest BCUT2D eigenvalue weighted by Crippen LogP contribution is -2.63. The Hall–Kier alpha value is -0.850. The first-order valence-corrected chi connectivity index (χ1v) is 8.45. The van der Waals surface area contributed by atoms with E-state index in [1.807, 2.05) is 41.8 Å². The summed E-state index contributed by atoms with van der Waals surface area (Å²) in [5.74, 6) is 0. The molecule has 2 heterocycles. The molecule has 6 nitrogen and oxygen atoms in total. The zero-order chi connectivity index (χ0) is 17.5. The van der Waals surface area contributed by atoms with Crippen LogP contribution in [0.1, 0.15) is 47.0 Å². The summed E-state index contributed by atoms with van der Waals surface area (Å²) < 4.78 is 11.5. The highest BCUT2D eigenvalue weighted by Crippen LogP contribution is 2.39. The van der Waals surface area contributed by atoms with Crippen LogP contribution in [-0.2, 0) is 9.47 Å². The third-order valence-corrected chi connectivity index (χ3v) is 4.90. The first-order valence-electron chi connectivity index (χ1n) is 8.45. The van der Waals surface area contributed by atoms with E-state index in [4.69, 9.17) is 9.47 Å². The maximum absolute atomic E-state index is 12.2. The van der Waals surface area contributed by atoms with E-state index in [9.17, 15) is 9.90 Å². The zero-order valence-corrected chi connectivity index (χ0v) is 15.4. The predicted molar refractivity (Wildman–Crippen MR) is 88.4 cm³/mol. The molecule has 1 spiro atoms. The summed E-state index contributed by atoms with van der Waals surface area (Å²) in [5.41, 5.74) is -1.55. The van der Waals surface area contributed by atoms with E-state index in [-0.39, 0.29) is 17.7 Å². The minimum Gasteiger partial charge on any atom is -0.444 e. The maximum Gasteiger partial charge on any atom is 0.410 e. The van der Waals surface area contributed by atoms with Gasteiger partial charge in [-0.2, -0.15) is 0 Å². The molecule has 6 heteroatoms. The Morgan fingerprint density at radius 2 is 1.87 bits per heavy atom. The Morgan fingerprint density at radius 3 is 2.35 bits per heavy atom. The number of amides is 1. The van der Waals surface area contributed by atoms with Crippen LogP contribution in [-0.4, -0.2) is 77.6 Å². The average Bonchev–Trinajstić information content (AvgIpc) is 2.40. The van der Waals surface area contributed by atoms with Gasteiger partial charge in [0, 0.05) is 19.1 Å². The smallest absolute Gasteiger partial charge is 0.410 e. The molecule has 0 aromatic heterocycles. The second-order valence-corrected chi connectivity index (χ2v) is 8.48. The minimum absolute atomic E-state index is 0.0596. The number of carbonyl (C=O) groups excluding carboxylic acids is 1. The number of carbonyl (C=O) groups is 1. The fraction of sp³-hybridized carbons (Fsp3) is 0.941. The van der Waals surface area contributed by atoms with Gasteiger partial charge in [-0.3, -0.25) is 0 Å². The zero-order valence-electron chi connectivity index (χ0n) is 15.4. The van der Waals surface area contributed by atoms with E-state index in [0.29, 0.717) is 19.7 Å². The number of aliphatic hydroxyl groups is 1. The SMILES string of the molecule is CN(C)[C@H]1CC2(CCN(C(=O)OC(C)(C)C)CC2)OC[C@]1(C)O. The van der Waals surface area contributed by atoms with Gasteiger partial charge in [-0.05, 0) is 61.1 Å². The van der Waals surface area contributed by atoms with E-state index in [1.165, 1.54) is 0 Å². The highest BCUT2D eigenvalue weighted by atomic mass is 16.6. The topological polar surface area (TPSA) is 62.2 Å². The second kappa shape index (κ2) is 6.22. The molecule has 0 aliphatic carbocycles. The van der Waals surface area contributed by atoms with Gasteiger partial charge < -0.3 is 24.4 Å². The van der Waals surface area contributed by atoms with Gasteiger partial charge in [0.25, 0.3) is 0 Å². The minimum atomic E-state index is -0.836. The molecule has 2 saturated heterocycles.